The summed E-state index contributed by atoms with van der Waals surface area (Å²) < 4.78 is 0. The Bertz CT molecular complexity index is 349. The standard InChI is InChI=1S/C14H22N2O/c1-14(17)6-8-16(9-7-14)11-13-4-2-12(10-15)3-5-13/h2-5,17H,6-11,15H2,1H3. The highest BCUT2D eigenvalue weighted by atomic mass is 16.3. The van der Waals surface area contributed by atoms with Gasteiger partial charge in [0.15, 0.2) is 0 Å². The normalized spacial score (nSPS) is 20.4. The fourth-order valence-electron chi connectivity index (χ4n) is 2.23. The van der Waals surface area contributed by atoms with Crippen LogP contribution in [0.25, 0.3) is 0 Å². The zero-order chi connectivity index (χ0) is 12.3. The molecule has 94 valence electrons. The van der Waals surface area contributed by atoms with Gasteiger partial charge in [0, 0.05) is 26.2 Å². The first kappa shape index (κ1) is 12.6. The first-order chi connectivity index (χ1) is 8.09. The van der Waals surface area contributed by atoms with E-state index in [-0.39, 0.29) is 0 Å². The van der Waals surface area contributed by atoms with Crippen molar-refractivity contribution in [2.45, 2.75) is 38.5 Å². The Hall–Kier alpha value is -0.900. The third-order valence-electron chi connectivity index (χ3n) is 3.60. The van der Waals surface area contributed by atoms with Gasteiger partial charge in [-0.1, -0.05) is 24.3 Å². The van der Waals surface area contributed by atoms with Crippen LogP contribution in [0.5, 0.6) is 0 Å². The summed E-state index contributed by atoms with van der Waals surface area (Å²) in [5, 5.41) is 9.89. The minimum absolute atomic E-state index is 0.458. The quantitative estimate of drug-likeness (QED) is 0.833. The summed E-state index contributed by atoms with van der Waals surface area (Å²) in [5.74, 6) is 0. The van der Waals surface area contributed by atoms with E-state index >= 15 is 0 Å². The van der Waals surface area contributed by atoms with Crippen LogP contribution in [-0.2, 0) is 13.1 Å². The lowest BCUT2D eigenvalue weighted by molar-refractivity contribution is -0.00729. The minimum Gasteiger partial charge on any atom is -0.390 e. The number of aliphatic hydroxyl groups is 1. The van der Waals surface area contributed by atoms with E-state index in [2.05, 4.69) is 29.2 Å². The Morgan fingerprint density at radius 3 is 2.24 bits per heavy atom. The second kappa shape index (κ2) is 5.17. The molecule has 3 N–H and O–H groups in total. The van der Waals surface area contributed by atoms with E-state index in [0.717, 1.165) is 32.5 Å². The molecule has 1 aromatic carbocycles. The Labute approximate surface area is 103 Å². The summed E-state index contributed by atoms with van der Waals surface area (Å²) in [5.41, 5.74) is 7.62. The van der Waals surface area contributed by atoms with Gasteiger partial charge in [-0.15, -0.1) is 0 Å². The van der Waals surface area contributed by atoms with Gasteiger partial charge in [0.2, 0.25) is 0 Å². The van der Waals surface area contributed by atoms with Crippen molar-refractivity contribution in [3.8, 4) is 0 Å². The van der Waals surface area contributed by atoms with Gasteiger partial charge in [-0.2, -0.15) is 0 Å². The van der Waals surface area contributed by atoms with E-state index in [1.54, 1.807) is 0 Å². The molecule has 0 unspecified atom stereocenters. The van der Waals surface area contributed by atoms with E-state index in [4.69, 9.17) is 5.73 Å². The van der Waals surface area contributed by atoms with Crippen LogP contribution in [0, 0.1) is 0 Å². The molecule has 0 radical (unpaired) electrons. The molecule has 0 bridgehead atoms. The van der Waals surface area contributed by atoms with Crippen molar-refractivity contribution in [2.75, 3.05) is 13.1 Å². The average molecular weight is 234 g/mol. The molecule has 0 saturated carbocycles. The second-order valence-electron chi connectivity index (χ2n) is 5.29. The molecule has 0 aliphatic carbocycles. The smallest absolute Gasteiger partial charge is 0.0644 e. The highest BCUT2D eigenvalue weighted by Crippen LogP contribution is 2.22. The van der Waals surface area contributed by atoms with Gasteiger partial charge >= 0.3 is 0 Å². The predicted molar refractivity (Wildman–Crippen MR) is 69.5 cm³/mol. The molecule has 3 nitrogen and oxygen atoms in total. The van der Waals surface area contributed by atoms with Crippen LogP contribution < -0.4 is 5.73 Å². The molecule has 1 fully saturated rings. The van der Waals surface area contributed by atoms with Crippen molar-refractivity contribution in [3.05, 3.63) is 35.4 Å². The number of benzene rings is 1. The molecule has 1 heterocycles. The summed E-state index contributed by atoms with van der Waals surface area (Å²) in [4.78, 5) is 2.40. The number of rotatable bonds is 3. The number of hydrogen-bond acceptors (Lipinski definition) is 3. The zero-order valence-electron chi connectivity index (χ0n) is 10.5. The molecular weight excluding hydrogens is 212 g/mol. The first-order valence-corrected chi connectivity index (χ1v) is 6.32. The van der Waals surface area contributed by atoms with Crippen molar-refractivity contribution >= 4 is 0 Å². The van der Waals surface area contributed by atoms with E-state index in [1.165, 1.54) is 11.1 Å². The maximum atomic E-state index is 9.89. The van der Waals surface area contributed by atoms with Crippen LogP contribution in [0.1, 0.15) is 30.9 Å². The van der Waals surface area contributed by atoms with Gasteiger partial charge in [-0.3, -0.25) is 4.90 Å². The van der Waals surface area contributed by atoms with Crippen LogP contribution >= 0.6 is 0 Å². The summed E-state index contributed by atoms with van der Waals surface area (Å²) in [6, 6.07) is 8.48. The first-order valence-electron chi connectivity index (χ1n) is 6.32. The van der Waals surface area contributed by atoms with Crippen molar-refractivity contribution in [1.82, 2.24) is 4.90 Å². The summed E-state index contributed by atoms with van der Waals surface area (Å²) in [7, 11) is 0. The minimum atomic E-state index is -0.458. The van der Waals surface area contributed by atoms with E-state index in [0.29, 0.717) is 6.54 Å². The number of likely N-dealkylation sites (tertiary alicyclic amines) is 1. The molecule has 0 spiro atoms. The zero-order valence-corrected chi connectivity index (χ0v) is 10.5. The Morgan fingerprint density at radius 2 is 1.71 bits per heavy atom. The summed E-state index contributed by atoms with van der Waals surface area (Å²) in [6.45, 7) is 5.46. The van der Waals surface area contributed by atoms with Gasteiger partial charge in [0.1, 0.15) is 0 Å². The lowest BCUT2D eigenvalue weighted by Gasteiger charge is -2.35. The summed E-state index contributed by atoms with van der Waals surface area (Å²) >= 11 is 0. The third kappa shape index (κ3) is 3.53. The molecule has 1 aliphatic heterocycles. The topological polar surface area (TPSA) is 49.5 Å². The number of nitrogens with zero attached hydrogens (tertiary/aromatic N) is 1. The lowest BCUT2D eigenvalue weighted by Crippen LogP contribution is -2.41. The molecule has 3 heteroatoms. The molecule has 0 atom stereocenters. The molecule has 1 aliphatic rings. The van der Waals surface area contributed by atoms with Crippen LogP contribution in [0.3, 0.4) is 0 Å². The molecule has 0 aromatic heterocycles. The van der Waals surface area contributed by atoms with Crippen LogP contribution in [-0.4, -0.2) is 28.7 Å². The van der Waals surface area contributed by atoms with E-state index in [9.17, 15) is 5.11 Å². The molecule has 2 rings (SSSR count). The van der Waals surface area contributed by atoms with Gasteiger partial charge in [-0.05, 0) is 30.9 Å². The van der Waals surface area contributed by atoms with Crippen molar-refractivity contribution < 1.29 is 5.11 Å². The molecule has 1 saturated heterocycles. The van der Waals surface area contributed by atoms with Crippen LogP contribution in [0.2, 0.25) is 0 Å². The Kier molecular flexibility index (Phi) is 3.82. The van der Waals surface area contributed by atoms with E-state index < -0.39 is 5.60 Å². The Morgan fingerprint density at radius 1 is 1.18 bits per heavy atom. The maximum Gasteiger partial charge on any atom is 0.0644 e. The third-order valence-corrected chi connectivity index (χ3v) is 3.60. The highest BCUT2D eigenvalue weighted by molar-refractivity contribution is 5.22. The molecular formula is C14H22N2O. The number of piperidine rings is 1. The van der Waals surface area contributed by atoms with Crippen molar-refractivity contribution in [1.29, 1.82) is 0 Å². The lowest BCUT2D eigenvalue weighted by atomic mass is 9.93. The van der Waals surface area contributed by atoms with Gasteiger partial charge in [-0.25, -0.2) is 0 Å². The van der Waals surface area contributed by atoms with Gasteiger partial charge in [0.05, 0.1) is 5.60 Å². The van der Waals surface area contributed by atoms with Crippen LogP contribution in [0.15, 0.2) is 24.3 Å². The second-order valence-corrected chi connectivity index (χ2v) is 5.29. The van der Waals surface area contributed by atoms with Gasteiger partial charge in [0.25, 0.3) is 0 Å². The van der Waals surface area contributed by atoms with Crippen molar-refractivity contribution in [2.24, 2.45) is 5.73 Å². The van der Waals surface area contributed by atoms with Crippen LogP contribution in [0.4, 0.5) is 0 Å². The highest BCUT2D eigenvalue weighted by Gasteiger charge is 2.26. The largest absolute Gasteiger partial charge is 0.390 e. The monoisotopic (exact) mass is 234 g/mol. The molecule has 1 aromatic rings. The average Bonchev–Trinajstić information content (AvgIpc) is 2.33. The number of nitrogens with two attached hydrogens (primary N) is 1. The molecule has 17 heavy (non-hydrogen) atoms. The fourth-order valence-corrected chi connectivity index (χ4v) is 2.23. The van der Waals surface area contributed by atoms with Crippen molar-refractivity contribution in [3.63, 3.8) is 0 Å². The SMILES string of the molecule is CC1(O)CCN(Cc2ccc(CN)cc2)CC1. The van der Waals surface area contributed by atoms with Gasteiger partial charge < -0.3 is 10.8 Å². The maximum absolute atomic E-state index is 9.89. The fraction of sp³-hybridized carbons (Fsp3) is 0.571. The van der Waals surface area contributed by atoms with E-state index in [1.807, 2.05) is 6.92 Å². The predicted octanol–water partition coefficient (Wildman–Crippen LogP) is 1.49. The molecule has 0 amide bonds. The Balaban J connectivity index is 1.89. The summed E-state index contributed by atoms with van der Waals surface area (Å²) in [6.07, 6.45) is 1.74. The number of hydrogen-bond donors (Lipinski definition) is 2.